The van der Waals surface area contributed by atoms with Crippen LogP contribution in [0.4, 0.5) is 11.4 Å². The van der Waals surface area contributed by atoms with Crippen molar-refractivity contribution in [2.75, 3.05) is 0 Å². The molecule has 0 spiro atoms. The summed E-state index contributed by atoms with van der Waals surface area (Å²) in [6.45, 7) is 0. The van der Waals surface area contributed by atoms with E-state index in [9.17, 15) is 29.4 Å². The van der Waals surface area contributed by atoms with Gasteiger partial charge in [-0.15, -0.1) is 33.8 Å². The molecule has 0 unspecified atom stereocenters. The summed E-state index contributed by atoms with van der Waals surface area (Å²) in [5.74, 6) is -2.39. The summed E-state index contributed by atoms with van der Waals surface area (Å²) in [6, 6.07) is 41.6. The molecule has 0 heterocycles. The van der Waals surface area contributed by atoms with Crippen LogP contribution < -0.4 is 0 Å². The van der Waals surface area contributed by atoms with Crippen molar-refractivity contribution < 1.29 is 29.4 Å². The van der Waals surface area contributed by atoms with Crippen molar-refractivity contribution in [1.29, 1.82) is 0 Å². The number of ketones is 2. The summed E-state index contributed by atoms with van der Waals surface area (Å²) < 4.78 is 0. The molecular formula is C42H30N2O6S2. The van der Waals surface area contributed by atoms with Crippen molar-refractivity contribution in [2.45, 2.75) is 21.3 Å². The van der Waals surface area contributed by atoms with E-state index in [1.54, 1.807) is 60.7 Å². The predicted octanol–water partition coefficient (Wildman–Crippen LogP) is 10.5. The van der Waals surface area contributed by atoms with E-state index in [4.69, 9.17) is 0 Å². The molecule has 6 aromatic rings. The molecule has 52 heavy (non-hydrogen) atoms. The standard InChI is InChI=1S/C42H30N2O6S2/c45-39(29-17-9-3-10-18-29)37-33(21-31(41(47)48)23-35(37)51-25-27-13-5-1-6-14-27)43-44-34-22-32(42(49)50)24-36(52-26-28-15-7-2-8-16-28)38(34)40(46)30-19-11-4-12-20-30/h1-24H,25-26H2,(H,47,48)(H,49,50). The van der Waals surface area contributed by atoms with Gasteiger partial charge in [0, 0.05) is 32.4 Å². The van der Waals surface area contributed by atoms with Crippen molar-refractivity contribution in [3.05, 3.63) is 190 Å². The summed E-state index contributed by atoms with van der Waals surface area (Å²) in [5, 5.41) is 29.1. The maximum Gasteiger partial charge on any atom is 0.335 e. The van der Waals surface area contributed by atoms with Crippen LogP contribution in [0, 0.1) is 0 Å². The van der Waals surface area contributed by atoms with Crippen molar-refractivity contribution in [3.63, 3.8) is 0 Å². The molecule has 0 saturated heterocycles. The number of carbonyl (C=O) groups is 4. The van der Waals surface area contributed by atoms with Gasteiger partial charge in [0.25, 0.3) is 0 Å². The normalized spacial score (nSPS) is 11.0. The van der Waals surface area contributed by atoms with Crippen LogP contribution in [0.1, 0.15) is 63.7 Å². The summed E-state index contributed by atoms with van der Waals surface area (Å²) in [5.41, 5.74) is 2.58. The van der Waals surface area contributed by atoms with E-state index in [1.807, 2.05) is 60.7 Å². The predicted molar refractivity (Wildman–Crippen MR) is 203 cm³/mol. The Balaban J connectivity index is 1.53. The molecule has 0 aliphatic rings. The Labute approximate surface area is 308 Å². The molecule has 8 nitrogen and oxygen atoms in total. The molecule has 0 saturated carbocycles. The second-order valence-corrected chi connectivity index (χ2v) is 13.5. The Bertz CT molecular complexity index is 2120. The Morgan fingerprint density at radius 3 is 1.10 bits per heavy atom. The maximum absolute atomic E-state index is 14.2. The van der Waals surface area contributed by atoms with Gasteiger partial charge in [0.15, 0.2) is 11.6 Å². The molecule has 0 fully saturated rings. The Morgan fingerprint density at radius 1 is 0.442 bits per heavy atom. The fourth-order valence-corrected chi connectivity index (χ4v) is 7.47. The highest BCUT2D eigenvalue weighted by Gasteiger charge is 2.25. The quantitative estimate of drug-likeness (QED) is 0.0645. The highest BCUT2D eigenvalue weighted by molar-refractivity contribution is 7.98. The smallest absolute Gasteiger partial charge is 0.335 e. The number of nitrogens with zero attached hydrogens (tertiary/aromatic N) is 2. The highest BCUT2D eigenvalue weighted by Crippen LogP contribution is 2.39. The summed E-state index contributed by atoms with van der Waals surface area (Å²) >= 11 is 2.58. The van der Waals surface area contributed by atoms with Crippen LogP contribution in [0.2, 0.25) is 0 Å². The molecule has 0 aromatic heterocycles. The van der Waals surface area contributed by atoms with Crippen LogP contribution in [0.5, 0.6) is 0 Å². The van der Waals surface area contributed by atoms with Gasteiger partial charge in [0.1, 0.15) is 0 Å². The van der Waals surface area contributed by atoms with Gasteiger partial charge >= 0.3 is 11.9 Å². The molecule has 0 radical (unpaired) electrons. The molecular weight excluding hydrogens is 693 g/mol. The van der Waals surface area contributed by atoms with E-state index >= 15 is 0 Å². The highest BCUT2D eigenvalue weighted by atomic mass is 32.2. The summed E-state index contributed by atoms with van der Waals surface area (Å²) in [7, 11) is 0. The fourth-order valence-electron chi connectivity index (χ4n) is 5.34. The van der Waals surface area contributed by atoms with Crippen molar-refractivity contribution in [3.8, 4) is 0 Å². The lowest BCUT2D eigenvalue weighted by atomic mass is 9.99. The molecule has 6 aromatic carbocycles. The first-order valence-corrected chi connectivity index (χ1v) is 18.0. The van der Waals surface area contributed by atoms with Crippen molar-refractivity contribution in [2.24, 2.45) is 10.2 Å². The van der Waals surface area contributed by atoms with Crippen LogP contribution in [-0.2, 0) is 11.5 Å². The molecule has 0 amide bonds. The molecule has 0 aliphatic heterocycles. The van der Waals surface area contributed by atoms with Gasteiger partial charge in [-0.3, -0.25) is 9.59 Å². The van der Waals surface area contributed by atoms with Crippen LogP contribution in [0.25, 0.3) is 0 Å². The number of carboxylic acid groups (broad SMARTS) is 2. The van der Waals surface area contributed by atoms with E-state index in [0.29, 0.717) is 32.4 Å². The number of carbonyl (C=O) groups excluding carboxylic acids is 2. The van der Waals surface area contributed by atoms with E-state index in [2.05, 4.69) is 10.2 Å². The SMILES string of the molecule is O=C(O)c1cc(N=Nc2cc(C(=O)O)cc(SCc3ccccc3)c2C(=O)c2ccccc2)c(C(=O)c2ccccc2)c(SCc2ccccc2)c1. The average molecular weight is 723 g/mol. The third kappa shape index (κ3) is 8.60. The third-order valence-electron chi connectivity index (χ3n) is 7.92. The molecule has 0 aliphatic carbocycles. The van der Waals surface area contributed by atoms with Crippen molar-refractivity contribution >= 4 is 58.4 Å². The van der Waals surface area contributed by atoms with E-state index < -0.39 is 23.5 Å². The van der Waals surface area contributed by atoms with Crippen LogP contribution in [0.3, 0.4) is 0 Å². The van der Waals surface area contributed by atoms with Crippen LogP contribution in [-0.4, -0.2) is 33.7 Å². The molecule has 2 N–H and O–H groups in total. The largest absolute Gasteiger partial charge is 0.478 e. The number of azo groups is 1. The molecule has 10 heteroatoms. The minimum atomic E-state index is -1.23. The molecule has 0 atom stereocenters. The maximum atomic E-state index is 14.2. The Hall–Kier alpha value is -6.10. The number of hydrogen-bond donors (Lipinski definition) is 2. The zero-order valence-electron chi connectivity index (χ0n) is 27.5. The van der Waals surface area contributed by atoms with Crippen LogP contribution in [0.15, 0.2) is 166 Å². The Kier molecular flexibility index (Phi) is 11.5. The number of carboxylic acids is 2. The average Bonchev–Trinajstić information content (AvgIpc) is 3.18. The molecule has 256 valence electrons. The number of hydrogen-bond acceptors (Lipinski definition) is 8. The van der Waals surface area contributed by atoms with Gasteiger partial charge in [0.05, 0.1) is 33.6 Å². The molecule has 0 bridgehead atoms. The first kappa shape index (κ1) is 35.7. The third-order valence-corrected chi connectivity index (χ3v) is 10.1. The van der Waals surface area contributed by atoms with Gasteiger partial charge in [-0.1, -0.05) is 121 Å². The van der Waals surface area contributed by atoms with Gasteiger partial charge in [0.2, 0.25) is 0 Å². The number of rotatable bonds is 14. The van der Waals surface area contributed by atoms with E-state index in [0.717, 1.165) is 11.1 Å². The number of aromatic carboxylic acids is 2. The first-order chi connectivity index (χ1) is 25.3. The fraction of sp³-hybridized carbons (Fsp3) is 0.0476. The van der Waals surface area contributed by atoms with Gasteiger partial charge in [-0.05, 0) is 35.4 Å². The zero-order chi connectivity index (χ0) is 36.5. The second kappa shape index (κ2) is 16.7. The lowest BCUT2D eigenvalue weighted by molar-refractivity contribution is 0.0685. The minimum absolute atomic E-state index is 0.0401. The minimum Gasteiger partial charge on any atom is -0.478 e. The Morgan fingerprint density at radius 2 is 0.769 bits per heavy atom. The zero-order valence-corrected chi connectivity index (χ0v) is 29.1. The van der Waals surface area contributed by atoms with Crippen molar-refractivity contribution in [1.82, 2.24) is 0 Å². The van der Waals surface area contributed by atoms with E-state index in [-0.39, 0.29) is 33.6 Å². The lowest BCUT2D eigenvalue weighted by Crippen LogP contribution is -2.07. The second-order valence-electron chi connectivity index (χ2n) is 11.5. The summed E-state index contributed by atoms with van der Waals surface area (Å²) in [4.78, 5) is 53.9. The first-order valence-electron chi connectivity index (χ1n) is 16.1. The number of thioether (sulfide) groups is 2. The lowest BCUT2D eigenvalue weighted by Gasteiger charge is -2.14. The van der Waals surface area contributed by atoms with Gasteiger partial charge in [-0.25, -0.2) is 9.59 Å². The van der Waals surface area contributed by atoms with Crippen LogP contribution >= 0.6 is 23.5 Å². The van der Waals surface area contributed by atoms with E-state index in [1.165, 1.54) is 47.8 Å². The topological polar surface area (TPSA) is 133 Å². The monoisotopic (exact) mass is 722 g/mol. The van der Waals surface area contributed by atoms with Gasteiger partial charge < -0.3 is 10.2 Å². The van der Waals surface area contributed by atoms with Gasteiger partial charge in [-0.2, -0.15) is 0 Å². The molecule has 6 rings (SSSR count). The number of benzene rings is 6. The summed E-state index contributed by atoms with van der Waals surface area (Å²) in [6.07, 6.45) is 0.